The Morgan fingerprint density at radius 3 is 1.30 bits per heavy atom. The van der Waals surface area contributed by atoms with Gasteiger partial charge in [0.2, 0.25) is 5.91 Å². The number of hydrogen-bond acceptors (Lipinski definition) is 7. The first-order valence-corrected chi connectivity index (χ1v) is 31.4. The number of carbonyl (C=O) groups is 2. The zero-order valence-electron chi connectivity index (χ0n) is 48.1. The summed E-state index contributed by atoms with van der Waals surface area (Å²) in [5, 5.41) is 2.99. The van der Waals surface area contributed by atoms with Crippen molar-refractivity contribution in [2.45, 2.75) is 264 Å². The third-order valence-electron chi connectivity index (χ3n) is 12.8. The Morgan fingerprint density at radius 1 is 0.479 bits per heavy atom. The molecule has 0 spiro atoms. The monoisotopic (exact) mass is 1040 g/mol. The van der Waals surface area contributed by atoms with Gasteiger partial charge in [0.1, 0.15) is 19.3 Å². The van der Waals surface area contributed by atoms with Crippen LogP contribution < -0.4 is 10.2 Å². The average Bonchev–Trinajstić information content (AvgIpc) is 3.35. The SMILES string of the molecule is CCCCC/C=C\C/C=C\C/C=C\C/C=C\CCCC(=O)NC(COP(=O)([O-])OCC[N+](C)(C)C)C(/C=C/CCCCCCCCCCCCC)OC(=O)CCCCCCCCC/C=C\C/C=C\CCCCC. The smallest absolute Gasteiger partial charge is 0.306 e. The number of likely N-dealkylation sites (N-methyl/N-ethyl adjacent to an activating group) is 1. The van der Waals surface area contributed by atoms with Gasteiger partial charge in [-0.15, -0.1) is 0 Å². The quantitative estimate of drug-likeness (QED) is 0.0212. The predicted octanol–water partition coefficient (Wildman–Crippen LogP) is 17.6. The van der Waals surface area contributed by atoms with Gasteiger partial charge in [-0.3, -0.25) is 14.2 Å². The van der Waals surface area contributed by atoms with E-state index in [2.05, 4.69) is 99.0 Å². The van der Waals surface area contributed by atoms with Gasteiger partial charge in [-0.1, -0.05) is 222 Å². The predicted molar refractivity (Wildman–Crippen MR) is 311 cm³/mol. The van der Waals surface area contributed by atoms with Crippen LogP contribution in [0.2, 0.25) is 0 Å². The van der Waals surface area contributed by atoms with Crippen LogP contribution in [0.1, 0.15) is 252 Å². The van der Waals surface area contributed by atoms with Crippen molar-refractivity contribution in [1.82, 2.24) is 5.32 Å². The molecule has 0 aliphatic carbocycles. The van der Waals surface area contributed by atoms with E-state index in [1.165, 1.54) is 128 Å². The van der Waals surface area contributed by atoms with Crippen molar-refractivity contribution in [1.29, 1.82) is 0 Å². The van der Waals surface area contributed by atoms with E-state index in [1.54, 1.807) is 0 Å². The number of phosphoric ester groups is 1. The summed E-state index contributed by atoms with van der Waals surface area (Å²) in [6.45, 7) is 6.74. The molecule has 0 heterocycles. The number of amides is 1. The first-order chi connectivity index (χ1) is 35.4. The van der Waals surface area contributed by atoms with Crippen LogP contribution in [0.4, 0.5) is 0 Å². The molecule has 0 aliphatic rings. The molecular formula is C63H113N2O7P. The van der Waals surface area contributed by atoms with Crippen molar-refractivity contribution >= 4 is 19.7 Å². The largest absolute Gasteiger partial charge is 0.756 e. The fraction of sp³-hybridized carbons (Fsp3) is 0.746. The molecule has 0 aromatic carbocycles. The summed E-state index contributed by atoms with van der Waals surface area (Å²) in [5.74, 6) is -0.617. The van der Waals surface area contributed by atoms with Crippen LogP contribution in [-0.4, -0.2) is 69.4 Å². The molecule has 0 radical (unpaired) electrons. The second-order valence-corrected chi connectivity index (χ2v) is 22.6. The fourth-order valence-corrected chi connectivity index (χ4v) is 8.85. The van der Waals surface area contributed by atoms with Gasteiger partial charge in [-0.25, -0.2) is 0 Å². The Hall–Kier alpha value is -2.81. The first kappa shape index (κ1) is 70.2. The van der Waals surface area contributed by atoms with Gasteiger partial charge in [-0.05, 0) is 102 Å². The molecule has 0 saturated carbocycles. The standard InChI is InChI=1S/C63H113N2O7P/c1-7-10-13-16-19-22-25-28-30-32-34-37-40-43-46-49-52-55-62(66)64-60(59-71-73(68,69)70-58-57-65(4,5)6)61(54-51-48-45-42-39-36-27-24-21-18-15-12-9-3)72-63(67)56-53-50-47-44-41-38-35-33-31-29-26-23-20-17-14-11-8-2/h19-20,22-23,28-31,34,37,43,46,51,54,60-61H,7-18,21,24-27,32-33,35-36,38-42,44-45,47-50,52-53,55-59H2,1-6H3,(H-,64,66,68,69)/b22-19-,23-20-,30-28-,31-29-,37-34-,46-43-,54-51+. The van der Waals surface area contributed by atoms with Crippen LogP contribution >= 0.6 is 7.82 Å². The molecular weight excluding hydrogens is 928 g/mol. The fourth-order valence-electron chi connectivity index (χ4n) is 8.13. The summed E-state index contributed by atoms with van der Waals surface area (Å²) in [6, 6.07) is -0.923. The highest BCUT2D eigenvalue weighted by Gasteiger charge is 2.27. The van der Waals surface area contributed by atoms with E-state index in [-0.39, 0.29) is 31.3 Å². The molecule has 1 N–H and O–H groups in total. The molecule has 0 aromatic heterocycles. The number of nitrogens with zero attached hydrogens (tertiary/aromatic N) is 1. The lowest BCUT2D eigenvalue weighted by atomic mass is 10.0. The van der Waals surface area contributed by atoms with E-state index in [4.69, 9.17) is 13.8 Å². The van der Waals surface area contributed by atoms with Crippen molar-refractivity contribution in [3.8, 4) is 0 Å². The number of quaternary nitrogens is 1. The summed E-state index contributed by atoms with van der Waals surface area (Å²) in [5.41, 5.74) is 0. The number of carbonyl (C=O) groups excluding carboxylic acids is 2. The van der Waals surface area contributed by atoms with Crippen molar-refractivity contribution in [3.05, 3.63) is 85.1 Å². The van der Waals surface area contributed by atoms with E-state index in [1.807, 2.05) is 33.3 Å². The van der Waals surface area contributed by atoms with Gasteiger partial charge in [0.15, 0.2) is 0 Å². The number of allylic oxidation sites excluding steroid dienone is 13. The number of hydrogen-bond donors (Lipinski definition) is 1. The lowest BCUT2D eigenvalue weighted by Gasteiger charge is -2.30. The van der Waals surface area contributed by atoms with E-state index in [9.17, 15) is 19.0 Å². The second-order valence-electron chi connectivity index (χ2n) is 21.1. The Balaban J connectivity index is 5.45. The van der Waals surface area contributed by atoms with Gasteiger partial charge in [-0.2, -0.15) is 0 Å². The number of unbranched alkanes of at least 4 members (excludes halogenated alkanes) is 25. The zero-order chi connectivity index (χ0) is 53.6. The minimum atomic E-state index is -4.72. The molecule has 10 heteroatoms. The number of ether oxygens (including phenoxy) is 1. The summed E-state index contributed by atoms with van der Waals surface area (Å²) in [4.78, 5) is 39.9. The Labute approximate surface area is 450 Å². The van der Waals surface area contributed by atoms with E-state index < -0.39 is 26.6 Å². The molecule has 0 aromatic rings. The van der Waals surface area contributed by atoms with Crippen molar-refractivity contribution in [2.24, 2.45) is 0 Å². The van der Waals surface area contributed by atoms with Gasteiger partial charge in [0, 0.05) is 12.8 Å². The Bertz CT molecular complexity index is 1530. The maximum absolute atomic E-state index is 13.5. The van der Waals surface area contributed by atoms with Gasteiger partial charge >= 0.3 is 5.97 Å². The molecule has 73 heavy (non-hydrogen) atoms. The summed E-state index contributed by atoms with van der Waals surface area (Å²) >= 11 is 0. The molecule has 0 fully saturated rings. The van der Waals surface area contributed by atoms with Gasteiger partial charge in [0.25, 0.3) is 7.82 Å². The topological polar surface area (TPSA) is 114 Å². The molecule has 0 rings (SSSR count). The number of rotatable bonds is 53. The highest BCUT2D eigenvalue weighted by Crippen LogP contribution is 2.38. The highest BCUT2D eigenvalue weighted by atomic mass is 31.2. The van der Waals surface area contributed by atoms with Gasteiger partial charge < -0.3 is 28.5 Å². The Kier molecular flexibility index (Phi) is 50.6. The minimum Gasteiger partial charge on any atom is -0.756 e. The lowest BCUT2D eigenvalue weighted by molar-refractivity contribution is -0.870. The summed E-state index contributed by atoms with van der Waals surface area (Å²) in [7, 11) is 1.14. The van der Waals surface area contributed by atoms with Crippen LogP contribution in [0.3, 0.4) is 0 Å². The molecule has 9 nitrogen and oxygen atoms in total. The number of esters is 1. The highest BCUT2D eigenvalue weighted by molar-refractivity contribution is 7.45. The number of phosphoric acid groups is 1. The second kappa shape index (κ2) is 52.6. The third-order valence-corrected chi connectivity index (χ3v) is 13.8. The van der Waals surface area contributed by atoms with E-state index in [0.29, 0.717) is 23.9 Å². The Morgan fingerprint density at radius 2 is 0.849 bits per heavy atom. The van der Waals surface area contributed by atoms with Crippen molar-refractivity contribution in [2.75, 3.05) is 40.9 Å². The maximum atomic E-state index is 13.5. The van der Waals surface area contributed by atoms with Crippen molar-refractivity contribution in [3.63, 3.8) is 0 Å². The van der Waals surface area contributed by atoms with Crippen LogP contribution in [0.5, 0.6) is 0 Å². The summed E-state index contributed by atoms with van der Waals surface area (Å²) < 4.78 is 30.2. The molecule has 422 valence electrons. The first-order valence-electron chi connectivity index (χ1n) is 29.9. The molecule has 0 bridgehead atoms. The molecule has 0 saturated heterocycles. The zero-order valence-corrected chi connectivity index (χ0v) is 49.0. The third kappa shape index (κ3) is 53.8. The van der Waals surface area contributed by atoms with Crippen LogP contribution in [0.15, 0.2) is 85.1 Å². The molecule has 1 amide bonds. The van der Waals surface area contributed by atoms with Gasteiger partial charge in [0.05, 0.1) is 33.8 Å². The summed E-state index contributed by atoms with van der Waals surface area (Å²) in [6.07, 6.45) is 68.3. The molecule has 0 aliphatic heterocycles. The van der Waals surface area contributed by atoms with E-state index in [0.717, 1.165) is 77.0 Å². The van der Waals surface area contributed by atoms with E-state index >= 15 is 0 Å². The number of nitrogens with one attached hydrogen (secondary N) is 1. The molecule has 3 atom stereocenters. The minimum absolute atomic E-state index is 0.0369. The average molecular weight is 1040 g/mol. The van der Waals surface area contributed by atoms with Crippen LogP contribution in [0, 0.1) is 0 Å². The maximum Gasteiger partial charge on any atom is 0.306 e. The lowest BCUT2D eigenvalue weighted by Crippen LogP contribution is -2.47. The molecule has 3 unspecified atom stereocenters. The van der Waals surface area contributed by atoms with Crippen molar-refractivity contribution < 1.29 is 37.3 Å². The van der Waals surface area contributed by atoms with Crippen LogP contribution in [-0.2, 0) is 27.9 Å². The normalized spacial score (nSPS) is 14.3. The van der Waals surface area contributed by atoms with Crippen LogP contribution in [0.25, 0.3) is 0 Å².